The average molecular weight is 422 g/mol. The number of rotatable bonds is 4. The SMILES string of the molecule is Cc1cccc(N(C)C(=O)Cn2cnc3c(cnn3-c3cc(Cl)ccc3C)c2=O)c1. The Morgan fingerprint density at radius 3 is 2.73 bits per heavy atom. The number of benzene rings is 2. The van der Waals surface area contributed by atoms with E-state index in [0.717, 1.165) is 22.5 Å². The Kier molecular flexibility index (Phi) is 5.13. The Labute approximate surface area is 178 Å². The number of anilines is 1. The van der Waals surface area contributed by atoms with Crippen molar-refractivity contribution in [1.29, 1.82) is 0 Å². The molecule has 4 aromatic rings. The van der Waals surface area contributed by atoms with Gasteiger partial charge in [0.05, 0.1) is 11.9 Å². The first kappa shape index (κ1) is 19.8. The third-order valence-electron chi connectivity index (χ3n) is 5.02. The number of hydrogen-bond donors (Lipinski definition) is 0. The quantitative estimate of drug-likeness (QED) is 0.505. The number of nitrogens with zero attached hydrogens (tertiary/aromatic N) is 5. The predicted octanol–water partition coefficient (Wildman–Crippen LogP) is 3.52. The van der Waals surface area contributed by atoms with Crippen molar-refractivity contribution in [2.24, 2.45) is 0 Å². The molecule has 2 aromatic heterocycles. The van der Waals surface area contributed by atoms with Crippen molar-refractivity contribution in [3.8, 4) is 5.69 Å². The maximum absolute atomic E-state index is 12.9. The topological polar surface area (TPSA) is 73.0 Å². The molecule has 0 aliphatic heterocycles. The van der Waals surface area contributed by atoms with E-state index in [4.69, 9.17) is 11.6 Å². The summed E-state index contributed by atoms with van der Waals surface area (Å²) in [6.45, 7) is 3.78. The minimum absolute atomic E-state index is 0.117. The van der Waals surface area contributed by atoms with Crippen LogP contribution in [0.2, 0.25) is 5.02 Å². The first-order chi connectivity index (χ1) is 14.3. The van der Waals surface area contributed by atoms with Crippen LogP contribution < -0.4 is 10.5 Å². The van der Waals surface area contributed by atoms with Crippen LogP contribution in [0.25, 0.3) is 16.7 Å². The van der Waals surface area contributed by atoms with Crippen LogP contribution in [0.5, 0.6) is 0 Å². The van der Waals surface area contributed by atoms with E-state index in [-0.39, 0.29) is 18.0 Å². The molecule has 0 atom stereocenters. The summed E-state index contributed by atoms with van der Waals surface area (Å²) in [5.74, 6) is -0.220. The third-order valence-corrected chi connectivity index (χ3v) is 5.26. The molecule has 0 radical (unpaired) electrons. The lowest BCUT2D eigenvalue weighted by Crippen LogP contribution is -2.34. The van der Waals surface area contributed by atoms with Gasteiger partial charge < -0.3 is 4.90 Å². The van der Waals surface area contributed by atoms with E-state index in [1.54, 1.807) is 23.9 Å². The van der Waals surface area contributed by atoms with Crippen LogP contribution in [0.3, 0.4) is 0 Å². The van der Waals surface area contributed by atoms with Crippen LogP contribution in [0.15, 0.2) is 59.8 Å². The Balaban J connectivity index is 1.67. The van der Waals surface area contributed by atoms with E-state index in [1.807, 2.05) is 44.2 Å². The molecule has 0 bridgehead atoms. The van der Waals surface area contributed by atoms with Crippen LogP contribution in [-0.2, 0) is 11.3 Å². The molecule has 2 heterocycles. The molecule has 0 fully saturated rings. The number of carbonyl (C=O) groups excluding carboxylic acids is 1. The minimum atomic E-state index is -0.322. The second-order valence-corrected chi connectivity index (χ2v) is 7.63. The number of hydrogen-bond acceptors (Lipinski definition) is 4. The molecule has 0 spiro atoms. The monoisotopic (exact) mass is 421 g/mol. The Bertz CT molecular complexity index is 1320. The van der Waals surface area contributed by atoms with Gasteiger partial charge in [0.15, 0.2) is 5.65 Å². The fourth-order valence-electron chi connectivity index (χ4n) is 3.28. The molecule has 8 heteroatoms. The Morgan fingerprint density at radius 1 is 1.17 bits per heavy atom. The van der Waals surface area contributed by atoms with E-state index in [9.17, 15) is 9.59 Å². The lowest BCUT2D eigenvalue weighted by Gasteiger charge is -2.18. The van der Waals surface area contributed by atoms with Crippen LogP contribution in [0.1, 0.15) is 11.1 Å². The van der Waals surface area contributed by atoms with Crippen LogP contribution in [-0.4, -0.2) is 32.3 Å². The fraction of sp³-hybridized carbons (Fsp3) is 0.182. The number of aromatic nitrogens is 4. The molecule has 7 nitrogen and oxygen atoms in total. The van der Waals surface area contributed by atoms with Crippen molar-refractivity contribution in [2.75, 3.05) is 11.9 Å². The third kappa shape index (κ3) is 3.59. The number of likely N-dealkylation sites (N-methyl/N-ethyl adjacent to an activating group) is 1. The molecule has 0 aliphatic rings. The molecule has 4 rings (SSSR count). The minimum Gasteiger partial charge on any atom is -0.314 e. The zero-order valence-corrected chi connectivity index (χ0v) is 17.6. The van der Waals surface area contributed by atoms with Gasteiger partial charge in [0.1, 0.15) is 18.3 Å². The summed E-state index contributed by atoms with van der Waals surface area (Å²) in [6.07, 6.45) is 2.85. The fourth-order valence-corrected chi connectivity index (χ4v) is 3.45. The highest BCUT2D eigenvalue weighted by molar-refractivity contribution is 6.30. The van der Waals surface area contributed by atoms with Gasteiger partial charge in [-0.15, -0.1) is 0 Å². The van der Waals surface area contributed by atoms with E-state index < -0.39 is 0 Å². The molecule has 152 valence electrons. The summed E-state index contributed by atoms with van der Waals surface area (Å²) in [7, 11) is 1.69. The van der Waals surface area contributed by atoms with E-state index in [0.29, 0.717) is 16.1 Å². The van der Waals surface area contributed by atoms with Crippen molar-refractivity contribution >= 4 is 34.2 Å². The van der Waals surface area contributed by atoms with Gasteiger partial charge in [-0.1, -0.05) is 29.8 Å². The highest BCUT2D eigenvalue weighted by Gasteiger charge is 2.17. The van der Waals surface area contributed by atoms with E-state index in [2.05, 4.69) is 10.1 Å². The standard InChI is InChI=1S/C22H20ClN5O2/c1-14-5-4-6-17(9-14)26(3)20(29)12-27-13-24-21-18(22(27)30)11-25-28(21)19-10-16(23)8-7-15(19)2/h4-11,13H,12H2,1-3H3. The van der Waals surface area contributed by atoms with Gasteiger partial charge in [-0.2, -0.15) is 5.10 Å². The van der Waals surface area contributed by atoms with Gasteiger partial charge in [0.25, 0.3) is 5.56 Å². The molecular formula is C22H20ClN5O2. The van der Waals surface area contributed by atoms with E-state index in [1.165, 1.54) is 22.0 Å². The molecule has 0 aliphatic carbocycles. The smallest absolute Gasteiger partial charge is 0.264 e. The number of fused-ring (bicyclic) bond motifs is 1. The average Bonchev–Trinajstić information content (AvgIpc) is 3.16. The molecular weight excluding hydrogens is 402 g/mol. The number of halogens is 1. The summed E-state index contributed by atoms with van der Waals surface area (Å²) < 4.78 is 2.89. The summed E-state index contributed by atoms with van der Waals surface area (Å²) >= 11 is 6.12. The van der Waals surface area contributed by atoms with Crippen molar-refractivity contribution in [3.05, 3.63) is 81.5 Å². The predicted molar refractivity (Wildman–Crippen MR) is 117 cm³/mol. The normalized spacial score (nSPS) is 11.1. The zero-order valence-electron chi connectivity index (χ0n) is 16.8. The summed E-state index contributed by atoms with van der Waals surface area (Å²) in [5, 5.41) is 5.23. The Hall–Kier alpha value is -3.45. The highest BCUT2D eigenvalue weighted by Crippen LogP contribution is 2.21. The molecule has 2 aromatic carbocycles. The largest absolute Gasteiger partial charge is 0.314 e. The van der Waals surface area contributed by atoms with Crippen molar-refractivity contribution in [1.82, 2.24) is 19.3 Å². The molecule has 0 saturated carbocycles. The van der Waals surface area contributed by atoms with E-state index >= 15 is 0 Å². The lowest BCUT2D eigenvalue weighted by atomic mass is 10.2. The van der Waals surface area contributed by atoms with Gasteiger partial charge in [-0.25, -0.2) is 9.67 Å². The molecule has 0 saturated heterocycles. The number of aryl methyl sites for hydroxylation is 2. The second kappa shape index (κ2) is 7.76. The summed E-state index contributed by atoms with van der Waals surface area (Å²) in [4.78, 5) is 31.6. The van der Waals surface area contributed by atoms with Crippen LogP contribution >= 0.6 is 11.6 Å². The first-order valence-corrected chi connectivity index (χ1v) is 9.76. The molecule has 0 unspecified atom stereocenters. The molecule has 0 N–H and O–H groups in total. The maximum Gasteiger partial charge on any atom is 0.264 e. The first-order valence-electron chi connectivity index (χ1n) is 9.38. The van der Waals surface area contributed by atoms with Gasteiger partial charge in [0.2, 0.25) is 5.91 Å². The maximum atomic E-state index is 12.9. The van der Waals surface area contributed by atoms with Crippen molar-refractivity contribution in [2.45, 2.75) is 20.4 Å². The summed E-state index contributed by atoms with van der Waals surface area (Å²) in [6, 6.07) is 13.1. The van der Waals surface area contributed by atoms with Gasteiger partial charge in [0, 0.05) is 17.8 Å². The van der Waals surface area contributed by atoms with Gasteiger partial charge in [-0.05, 0) is 49.2 Å². The van der Waals surface area contributed by atoms with Crippen molar-refractivity contribution in [3.63, 3.8) is 0 Å². The highest BCUT2D eigenvalue weighted by atomic mass is 35.5. The molecule has 1 amide bonds. The lowest BCUT2D eigenvalue weighted by molar-refractivity contribution is -0.118. The van der Waals surface area contributed by atoms with Crippen LogP contribution in [0.4, 0.5) is 5.69 Å². The Morgan fingerprint density at radius 2 is 1.97 bits per heavy atom. The van der Waals surface area contributed by atoms with Gasteiger partial charge in [-0.3, -0.25) is 14.2 Å². The zero-order chi connectivity index (χ0) is 21.4. The van der Waals surface area contributed by atoms with Crippen LogP contribution in [0, 0.1) is 13.8 Å². The second-order valence-electron chi connectivity index (χ2n) is 7.19. The number of carbonyl (C=O) groups is 1. The summed E-state index contributed by atoms with van der Waals surface area (Å²) in [5.41, 5.74) is 3.61. The molecule has 30 heavy (non-hydrogen) atoms. The van der Waals surface area contributed by atoms with Gasteiger partial charge >= 0.3 is 0 Å². The van der Waals surface area contributed by atoms with Crippen molar-refractivity contribution < 1.29 is 4.79 Å². The number of amides is 1.